The van der Waals surface area contributed by atoms with Crippen molar-refractivity contribution >= 4 is 46.3 Å². The largest absolute Gasteiger partial charge is 0.419 e. The highest BCUT2D eigenvalue weighted by Gasteiger charge is 2.37. The molecule has 1 aliphatic carbocycles. The zero-order chi connectivity index (χ0) is 23.5. The van der Waals surface area contributed by atoms with E-state index in [2.05, 4.69) is 23.2 Å². The van der Waals surface area contributed by atoms with Gasteiger partial charge in [0, 0.05) is 43.0 Å². The second kappa shape index (κ2) is 7.51. The minimum absolute atomic E-state index is 0.0140. The fourth-order valence-corrected chi connectivity index (χ4v) is 4.89. The number of benzene rings is 3. The van der Waals surface area contributed by atoms with E-state index in [1.165, 1.54) is 6.34 Å². The predicted octanol–water partition coefficient (Wildman–Crippen LogP) is 5.19. The maximum atomic E-state index is 14.3. The van der Waals surface area contributed by atoms with Crippen LogP contribution in [0.3, 0.4) is 0 Å². The third-order valence-electron chi connectivity index (χ3n) is 6.41. The number of hydrogen-bond acceptors (Lipinski definition) is 3. The van der Waals surface area contributed by atoms with Gasteiger partial charge in [-0.1, -0.05) is 42.5 Å². The molecule has 33 heavy (non-hydrogen) atoms. The van der Waals surface area contributed by atoms with Crippen LogP contribution < -0.4 is 15.3 Å². The molecule has 0 aromatic heterocycles. The summed E-state index contributed by atoms with van der Waals surface area (Å²) in [5, 5.41) is 2.89. The topological polar surface area (TPSA) is 18.8 Å². The van der Waals surface area contributed by atoms with Gasteiger partial charge in [-0.2, -0.15) is 13.2 Å². The number of rotatable bonds is 2. The number of fused-ring (bicyclic) bond motifs is 3. The van der Waals surface area contributed by atoms with E-state index >= 15 is 0 Å². The first-order valence-corrected chi connectivity index (χ1v) is 10.8. The Bertz CT molecular complexity index is 1480. The molecule has 3 aromatic carbocycles. The van der Waals surface area contributed by atoms with E-state index in [9.17, 15) is 13.2 Å². The number of hydrogen-bond donors (Lipinski definition) is 0. The highest BCUT2D eigenvalue weighted by molar-refractivity contribution is 6.00. The van der Waals surface area contributed by atoms with Crippen molar-refractivity contribution in [3.63, 3.8) is 0 Å². The van der Waals surface area contributed by atoms with E-state index in [-0.39, 0.29) is 10.9 Å². The van der Waals surface area contributed by atoms with Gasteiger partial charge in [-0.3, -0.25) is 0 Å². The summed E-state index contributed by atoms with van der Waals surface area (Å²) in [4.78, 5) is 8.14. The van der Waals surface area contributed by atoms with Crippen molar-refractivity contribution in [3.05, 3.63) is 75.2 Å². The molecule has 0 fully saturated rings. The second-order valence-corrected chi connectivity index (χ2v) is 8.70. The summed E-state index contributed by atoms with van der Waals surface area (Å²) in [6.07, 6.45) is 2.75. The van der Waals surface area contributed by atoms with E-state index < -0.39 is 11.7 Å². The SMILES string of the molecule is Cc1c(C2=c3cc4c(c(C(F)(F)F)c3N=CN2C)=CCC=C4)cc(N(C)C)c2ccccc12. The van der Waals surface area contributed by atoms with Gasteiger partial charge in [0.15, 0.2) is 0 Å². The molecule has 1 heterocycles. The van der Waals surface area contributed by atoms with Crippen LogP contribution in [-0.4, -0.2) is 32.4 Å². The van der Waals surface area contributed by atoms with Gasteiger partial charge < -0.3 is 9.80 Å². The number of alkyl halides is 3. The molecule has 3 nitrogen and oxygen atoms in total. The molecule has 2 aliphatic rings. The van der Waals surface area contributed by atoms with Crippen LogP contribution in [0.2, 0.25) is 0 Å². The molecule has 0 radical (unpaired) electrons. The monoisotopic (exact) mass is 447 g/mol. The number of aliphatic imine (C=N–C) groups is 1. The number of halogens is 3. The average Bonchev–Trinajstić information content (AvgIpc) is 2.77. The molecule has 0 N–H and O–H groups in total. The van der Waals surface area contributed by atoms with Crippen LogP contribution in [0.15, 0.2) is 47.5 Å². The summed E-state index contributed by atoms with van der Waals surface area (Å²) in [6.45, 7) is 2.03. The molecular weight excluding hydrogens is 423 g/mol. The predicted molar refractivity (Wildman–Crippen MR) is 130 cm³/mol. The van der Waals surface area contributed by atoms with E-state index in [0.717, 1.165) is 33.3 Å². The Labute approximate surface area is 190 Å². The van der Waals surface area contributed by atoms with Crippen LogP contribution >= 0.6 is 0 Å². The maximum absolute atomic E-state index is 14.3. The number of anilines is 1. The Balaban J connectivity index is 1.97. The molecular formula is C27H24F3N3. The molecule has 6 heteroatoms. The van der Waals surface area contributed by atoms with Crippen LogP contribution in [0, 0.1) is 6.92 Å². The summed E-state index contributed by atoms with van der Waals surface area (Å²) in [5.41, 5.74) is 3.54. The second-order valence-electron chi connectivity index (χ2n) is 8.70. The molecule has 3 aromatic rings. The molecule has 0 unspecified atom stereocenters. The fraction of sp³-hybridized carbons (Fsp3) is 0.222. The van der Waals surface area contributed by atoms with Crippen LogP contribution in [0.1, 0.15) is 28.7 Å². The van der Waals surface area contributed by atoms with Crippen molar-refractivity contribution in [2.75, 3.05) is 26.0 Å². The van der Waals surface area contributed by atoms with E-state index in [4.69, 9.17) is 0 Å². The smallest absolute Gasteiger partial charge is 0.377 e. The standard InChI is InChI=1S/C27H24F3N3/c1-16-18-10-7-8-12-20(18)23(32(2)3)14-21(16)26-22-13-17-9-5-6-11-19(17)24(27(28,29)30)25(22)31-15-33(26)4/h5,7-15H,6H2,1-4H3. The Morgan fingerprint density at radius 2 is 1.79 bits per heavy atom. The lowest BCUT2D eigenvalue weighted by molar-refractivity contribution is -0.137. The van der Waals surface area contributed by atoms with Crippen molar-refractivity contribution in [1.29, 1.82) is 0 Å². The Kier molecular flexibility index (Phi) is 4.85. The lowest BCUT2D eigenvalue weighted by atomic mass is 9.91. The van der Waals surface area contributed by atoms with E-state index in [0.29, 0.717) is 17.2 Å². The minimum Gasteiger partial charge on any atom is -0.377 e. The van der Waals surface area contributed by atoms with Crippen LogP contribution in [-0.2, 0) is 6.18 Å². The minimum atomic E-state index is -4.51. The zero-order valence-corrected chi connectivity index (χ0v) is 19.0. The third kappa shape index (κ3) is 3.32. The Hall–Kier alpha value is -3.54. The third-order valence-corrected chi connectivity index (χ3v) is 6.41. The first-order valence-electron chi connectivity index (χ1n) is 10.8. The molecule has 0 saturated carbocycles. The van der Waals surface area contributed by atoms with Gasteiger partial charge in [0.1, 0.15) is 0 Å². The summed E-state index contributed by atoms with van der Waals surface area (Å²) < 4.78 is 42.9. The highest BCUT2D eigenvalue weighted by Crippen LogP contribution is 2.38. The fourth-order valence-electron chi connectivity index (χ4n) is 4.89. The lowest BCUT2D eigenvalue weighted by Gasteiger charge is -2.28. The van der Waals surface area contributed by atoms with Crippen molar-refractivity contribution in [3.8, 4) is 0 Å². The zero-order valence-electron chi connectivity index (χ0n) is 19.0. The van der Waals surface area contributed by atoms with Gasteiger partial charge in [0.2, 0.25) is 0 Å². The molecule has 0 bridgehead atoms. The molecule has 0 spiro atoms. The quantitative estimate of drug-likeness (QED) is 0.538. The van der Waals surface area contributed by atoms with Crippen molar-refractivity contribution in [2.24, 2.45) is 4.99 Å². The van der Waals surface area contributed by atoms with Crippen molar-refractivity contribution in [1.82, 2.24) is 4.90 Å². The lowest BCUT2D eigenvalue weighted by Crippen LogP contribution is -2.33. The van der Waals surface area contributed by atoms with Crippen LogP contribution in [0.4, 0.5) is 24.5 Å². The summed E-state index contributed by atoms with van der Waals surface area (Å²) >= 11 is 0. The van der Waals surface area contributed by atoms with E-state index in [1.54, 1.807) is 12.2 Å². The summed E-state index contributed by atoms with van der Waals surface area (Å²) in [5.74, 6) is 0. The molecule has 0 amide bonds. The van der Waals surface area contributed by atoms with Gasteiger partial charge >= 0.3 is 6.18 Å². The van der Waals surface area contributed by atoms with Crippen molar-refractivity contribution < 1.29 is 13.2 Å². The number of allylic oxidation sites excluding steroid dienone is 1. The molecule has 1 aliphatic heterocycles. The van der Waals surface area contributed by atoms with Gasteiger partial charge in [-0.15, -0.1) is 0 Å². The molecule has 0 saturated heterocycles. The van der Waals surface area contributed by atoms with Gasteiger partial charge in [-0.05, 0) is 47.2 Å². The number of aryl methyl sites for hydroxylation is 1. The summed E-state index contributed by atoms with van der Waals surface area (Å²) in [7, 11) is 5.79. The van der Waals surface area contributed by atoms with E-state index in [1.807, 2.05) is 62.1 Å². The maximum Gasteiger partial charge on any atom is 0.419 e. The van der Waals surface area contributed by atoms with Crippen LogP contribution in [0.25, 0.3) is 28.6 Å². The van der Waals surface area contributed by atoms with Gasteiger partial charge in [0.25, 0.3) is 0 Å². The summed E-state index contributed by atoms with van der Waals surface area (Å²) in [6, 6.07) is 12.0. The van der Waals surface area contributed by atoms with Crippen LogP contribution in [0.5, 0.6) is 0 Å². The van der Waals surface area contributed by atoms with Gasteiger partial charge in [0.05, 0.1) is 23.3 Å². The molecule has 5 rings (SSSR count). The first kappa shape index (κ1) is 21.3. The van der Waals surface area contributed by atoms with Crippen molar-refractivity contribution in [2.45, 2.75) is 19.5 Å². The Morgan fingerprint density at radius 3 is 2.48 bits per heavy atom. The van der Waals surface area contributed by atoms with Gasteiger partial charge in [-0.25, -0.2) is 4.99 Å². The first-order chi connectivity index (χ1) is 15.7. The normalized spacial score (nSPS) is 14.9. The number of nitrogens with zero attached hydrogens (tertiary/aromatic N) is 3. The molecule has 0 atom stereocenters. The Morgan fingerprint density at radius 1 is 1.06 bits per heavy atom. The average molecular weight is 448 g/mol. The molecule has 168 valence electrons. The highest BCUT2D eigenvalue weighted by atomic mass is 19.4.